The molecular formula is C25H20ClFN2O3S. The second kappa shape index (κ2) is 10.1. The van der Waals surface area contributed by atoms with Gasteiger partial charge in [-0.3, -0.25) is 4.99 Å². The van der Waals surface area contributed by atoms with Gasteiger partial charge in [0.1, 0.15) is 17.3 Å². The predicted molar refractivity (Wildman–Crippen MR) is 127 cm³/mol. The van der Waals surface area contributed by atoms with E-state index < -0.39 is 10.0 Å². The molecule has 0 amide bonds. The van der Waals surface area contributed by atoms with Gasteiger partial charge in [-0.15, -0.1) is 0 Å². The summed E-state index contributed by atoms with van der Waals surface area (Å²) in [7, 11) is -3.79. The number of halogens is 2. The molecule has 4 aromatic rings. The Morgan fingerprint density at radius 1 is 0.879 bits per heavy atom. The van der Waals surface area contributed by atoms with Crippen LogP contribution in [0.5, 0.6) is 0 Å². The van der Waals surface area contributed by atoms with Gasteiger partial charge in [-0.1, -0.05) is 41.9 Å². The molecule has 8 heteroatoms. The normalized spacial score (nSPS) is 12.0. The Morgan fingerprint density at radius 2 is 1.58 bits per heavy atom. The number of furan rings is 1. The van der Waals surface area contributed by atoms with Gasteiger partial charge >= 0.3 is 0 Å². The molecule has 0 radical (unpaired) electrons. The third kappa shape index (κ3) is 5.96. The molecule has 0 fully saturated rings. The highest BCUT2D eigenvalue weighted by Crippen LogP contribution is 2.23. The number of hydrogen-bond acceptors (Lipinski definition) is 4. The molecular weight excluding hydrogens is 463 g/mol. The summed E-state index contributed by atoms with van der Waals surface area (Å²) >= 11 is 5.97. The van der Waals surface area contributed by atoms with Crippen molar-refractivity contribution in [2.75, 3.05) is 0 Å². The van der Waals surface area contributed by atoms with Crippen molar-refractivity contribution in [2.24, 2.45) is 4.99 Å². The van der Waals surface area contributed by atoms with Gasteiger partial charge in [0.25, 0.3) is 0 Å². The summed E-state index contributed by atoms with van der Waals surface area (Å²) in [5.41, 5.74) is 1.37. The Balaban J connectivity index is 1.57. The highest BCUT2D eigenvalue weighted by Gasteiger charge is 2.26. The molecule has 33 heavy (non-hydrogen) atoms. The van der Waals surface area contributed by atoms with E-state index in [1.807, 2.05) is 0 Å². The van der Waals surface area contributed by atoms with Crippen molar-refractivity contribution < 1.29 is 17.2 Å². The second-order valence-electron chi connectivity index (χ2n) is 7.25. The Labute approximate surface area is 196 Å². The van der Waals surface area contributed by atoms with E-state index >= 15 is 0 Å². The lowest BCUT2D eigenvalue weighted by atomic mass is 10.2. The van der Waals surface area contributed by atoms with Crippen LogP contribution in [0.4, 0.5) is 10.1 Å². The van der Waals surface area contributed by atoms with Gasteiger partial charge in [-0.25, -0.2) is 12.8 Å². The lowest BCUT2D eigenvalue weighted by Gasteiger charge is -2.21. The van der Waals surface area contributed by atoms with Crippen molar-refractivity contribution in [1.29, 1.82) is 0 Å². The zero-order valence-corrected chi connectivity index (χ0v) is 19.0. The van der Waals surface area contributed by atoms with Crippen molar-refractivity contribution in [1.82, 2.24) is 4.31 Å². The van der Waals surface area contributed by atoms with E-state index in [1.54, 1.807) is 78.9 Å². The van der Waals surface area contributed by atoms with E-state index in [9.17, 15) is 12.8 Å². The molecule has 168 valence electrons. The maximum atomic E-state index is 13.4. The van der Waals surface area contributed by atoms with Crippen LogP contribution in [-0.4, -0.2) is 18.9 Å². The van der Waals surface area contributed by atoms with Gasteiger partial charge in [0, 0.05) is 11.6 Å². The van der Waals surface area contributed by atoms with E-state index in [2.05, 4.69) is 4.99 Å². The molecule has 0 N–H and O–H groups in total. The zero-order valence-electron chi connectivity index (χ0n) is 17.4. The first-order valence-corrected chi connectivity index (χ1v) is 11.9. The van der Waals surface area contributed by atoms with Gasteiger partial charge in [0.15, 0.2) is 0 Å². The molecule has 0 aliphatic heterocycles. The zero-order chi connectivity index (χ0) is 23.3. The summed E-state index contributed by atoms with van der Waals surface area (Å²) in [6.07, 6.45) is 1.51. The van der Waals surface area contributed by atoms with Crippen LogP contribution < -0.4 is 0 Å². The number of nitrogens with zero attached hydrogens (tertiary/aromatic N) is 2. The molecule has 0 saturated carbocycles. The third-order valence-electron chi connectivity index (χ3n) is 4.84. The summed E-state index contributed by atoms with van der Waals surface area (Å²) in [6, 6.07) is 24.5. The Kier molecular flexibility index (Phi) is 7.03. The van der Waals surface area contributed by atoms with Crippen LogP contribution in [0.3, 0.4) is 0 Å². The van der Waals surface area contributed by atoms with Crippen LogP contribution in [0, 0.1) is 5.82 Å². The number of sulfonamides is 1. The molecule has 0 atom stereocenters. The smallest absolute Gasteiger partial charge is 0.243 e. The van der Waals surface area contributed by atoms with Gasteiger partial charge < -0.3 is 4.42 Å². The van der Waals surface area contributed by atoms with Gasteiger partial charge in [0.05, 0.1) is 23.3 Å². The number of hydrogen-bond donors (Lipinski definition) is 0. The largest absolute Gasteiger partial charge is 0.459 e. The number of rotatable bonds is 8. The van der Waals surface area contributed by atoms with E-state index in [0.29, 0.717) is 22.2 Å². The quantitative estimate of drug-likeness (QED) is 0.280. The monoisotopic (exact) mass is 482 g/mol. The lowest BCUT2D eigenvalue weighted by molar-refractivity contribution is 0.357. The highest BCUT2D eigenvalue weighted by atomic mass is 35.5. The minimum Gasteiger partial charge on any atom is -0.459 e. The van der Waals surface area contributed by atoms with Gasteiger partial charge in [-0.05, 0) is 66.2 Å². The van der Waals surface area contributed by atoms with E-state index in [-0.39, 0.29) is 23.8 Å². The van der Waals surface area contributed by atoms with Crippen molar-refractivity contribution in [3.05, 3.63) is 119 Å². The lowest BCUT2D eigenvalue weighted by Crippen LogP contribution is -2.30. The highest BCUT2D eigenvalue weighted by molar-refractivity contribution is 7.89. The minimum absolute atomic E-state index is 0.0320. The molecule has 3 aromatic carbocycles. The summed E-state index contributed by atoms with van der Waals surface area (Å²) in [4.78, 5) is 4.45. The first kappa shape index (κ1) is 22.9. The summed E-state index contributed by atoms with van der Waals surface area (Å²) < 4.78 is 46.9. The fourth-order valence-corrected chi connectivity index (χ4v) is 4.69. The average molecular weight is 483 g/mol. The molecule has 0 aliphatic carbocycles. The maximum absolute atomic E-state index is 13.4. The molecule has 1 heterocycles. The topological polar surface area (TPSA) is 62.9 Å². The fourth-order valence-electron chi connectivity index (χ4n) is 3.15. The average Bonchev–Trinajstić information content (AvgIpc) is 3.27. The molecule has 0 aliphatic rings. The van der Waals surface area contributed by atoms with Crippen LogP contribution >= 0.6 is 11.6 Å². The molecule has 0 saturated heterocycles. The van der Waals surface area contributed by atoms with Crippen molar-refractivity contribution in [3.8, 4) is 0 Å². The predicted octanol–water partition coefficient (Wildman–Crippen LogP) is 6.21. The number of benzene rings is 3. The summed E-state index contributed by atoms with van der Waals surface area (Å²) in [6.45, 7) is 0.179. The molecule has 1 aromatic heterocycles. The SMILES string of the molecule is O=S(=O)(c1ccccc1)N(Cc1ccc(Cl)cc1)Cc1ccc(C=Nc2ccc(F)cc2)o1. The van der Waals surface area contributed by atoms with Crippen molar-refractivity contribution in [2.45, 2.75) is 18.0 Å². The van der Waals surface area contributed by atoms with Crippen LogP contribution in [0.15, 0.2) is 105 Å². The standard InChI is InChI=1S/C25H20ClFN2O3S/c26-20-8-6-19(7-9-20)17-29(33(30,31)25-4-2-1-3-5-25)18-24-15-14-23(32-24)16-28-22-12-10-21(27)11-13-22/h1-16H,17-18H2. The molecule has 0 unspecified atom stereocenters. The fraction of sp³-hybridized carbons (Fsp3) is 0.0800. The van der Waals surface area contributed by atoms with Crippen molar-refractivity contribution >= 4 is 33.5 Å². The number of aliphatic imine (C=N–C) groups is 1. The van der Waals surface area contributed by atoms with E-state index in [0.717, 1.165) is 5.56 Å². The molecule has 0 bridgehead atoms. The maximum Gasteiger partial charge on any atom is 0.243 e. The minimum atomic E-state index is -3.79. The first-order valence-electron chi connectivity index (χ1n) is 10.1. The van der Waals surface area contributed by atoms with E-state index in [1.165, 1.54) is 22.7 Å². The molecule has 4 rings (SSSR count). The first-order chi connectivity index (χ1) is 15.9. The third-order valence-corrected chi connectivity index (χ3v) is 6.89. The van der Waals surface area contributed by atoms with Crippen LogP contribution in [-0.2, 0) is 23.1 Å². The second-order valence-corrected chi connectivity index (χ2v) is 9.63. The van der Waals surface area contributed by atoms with Crippen molar-refractivity contribution in [3.63, 3.8) is 0 Å². The van der Waals surface area contributed by atoms with Crippen LogP contribution in [0.25, 0.3) is 0 Å². The molecule has 0 spiro atoms. The van der Waals surface area contributed by atoms with Crippen LogP contribution in [0.1, 0.15) is 17.1 Å². The van der Waals surface area contributed by atoms with Gasteiger partial charge in [-0.2, -0.15) is 4.31 Å². The summed E-state index contributed by atoms with van der Waals surface area (Å²) in [5.74, 6) is 0.580. The van der Waals surface area contributed by atoms with Crippen LogP contribution in [0.2, 0.25) is 5.02 Å². The molecule has 5 nitrogen and oxygen atoms in total. The Morgan fingerprint density at radius 3 is 2.27 bits per heavy atom. The Hall–Kier alpha value is -3.26. The Bertz CT molecular complexity index is 1340. The van der Waals surface area contributed by atoms with E-state index in [4.69, 9.17) is 16.0 Å². The van der Waals surface area contributed by atoms with Gasteiger partial charge in [0.2, 0.25) is 10.0 Å². The summed E-state index contributed by atoms with van der Waals surface area (Å²) in [5, 5.41) is 0.576.